The molecule has 0 fully saturated rings. The molecule has 0 aromatic heterocycles. The fourth-order valence-electron chi connectivity index (χ4n) is 2.01. The number of benzene rings is 1. The van der Waals surface area contributed by atoms with Crippen LogP contribution in [0.3, 0.4) is 0 Å². The van der Waals surface area contributed by atoms with Gasteiger partial charge in [-0.3, -0.25) is 20.0 Å². The van der Waals surface area contributed by atoms with E-state index in [1.54, 1.807) is 12.1 Å². The molecule has 0 saturated carbocycles. The van der Waals surface area contributed by atoms with E-state index in [0.29, 0.717) is 18.8 Å². The average molecular weight is 318 g/mol. The van der Waals surface area contributed by atoms with E-state index in [1.807, 2.05) is 32.0 Å². The van der Waals surface area contributed by atoms with Crippen molar-refractivity contribution in [2.24, 2.45) is 4.99 Å². The second kappa shape index (κ2) is 8.28. The Hall–Kier alpha value is -2.41. The van der Waals surface area contributed by atoms with Gasteiger partial charge in [0, 0.05) is 13.2 Å². The molecule has 0 aliphatic carbocycles. The van der Waals surface area contributed by atoms with Gasteiger partial charge < -0.3 is 10.1 Å². The van der Waals surface area contributed by atoms with Gasteiger partial charge >= 0.3 is 0 Å². The maximum Gasteiger partial charge on any atom is 0.288 e. The molecular weight excluding hydrogens is 296 g/mol. The minimum absolute atomic E-state index is 0.0545. The van der Waals surface area contributed by atoms with Crippen molar-refractivity contribution in [3.63, 3.8) is 0 Å². The number of amidine groups is 1. The number of hydrazine groups is 1. The topological polar surface area (TPSA) is 83.0 Å². The summed E-state index contributed by atoms with van der Waals surface area (Å²) in [5, 5.41) is 4.10. The highest BCUT2D eigenvalue weighted by Crippen LogP contribution is 2.12. The normalized spacial score (nSPS) is 14.5. The molecule has 1 aliphatic rings. The first-order valence-corrected chi connectivity index (χ1v) is 7.67. The van der Waals surface area contributed by atoms with Gasteiger partial charge in [-0.1, -0.05) is 18.2 Å². The van der Waals surface area contributed by atoms with Crippen LogP contribution in [0.5, 0.6) is 0 Å². The van der Waals surface area contributed by atoms with Crippen molar-refractivity contribution in [1.82, 2.24) is 10.7 Å². The van der Waals surface area contributed by atoms with Gasteiger partial charge in [0.25, 0.3) is 11.8 Å². The van der Waals surface area contributed by atoms with E-state index in [1.165, 1.54) is 5.01 Å². The van der Waals surface area contributed by atoms with Crippen LogP contribution < -0.4 is 15.8 Å². The minimum atomic E-state index is -0.331. The molecule has 0 saturated heterocycles. The lowest BCUT2D eigenvalue weighted by Gasteiger charge is -2.27. The quantitative estimate of drug-likeness (QED) is 0.731. The van der Waals surface area contributed by atoms with Gasteiger partial charge in [0.15, 0.2) is 0 Å². The Morgan fingerprint density at radius 1 is 1.39 bits per heavy atom. The summed E-state index contributed by atoms with van der Waals surface area (Å²) in [6, 6.07) is 9.08. The Morgan fingerprint density at radius 3 is 2.83 bits per heavy atom. The number of para-hydroxylation sites is 1. The number of hydrogen-bond acceptors (Lipinski definition) is 5. The maximum atomic E-state index is 12.1. The number of nitrogens with zero attached hydrogens (tertiary/aromatic N) is 2. The van der Waals surface area contributed by atoms with Crippen LogP contribution in [-0.2, 0) is 14.3 Å². The SMILES string of the molecule is CC(C)OCCCNC(=O)C1=NCC(=O)N(c2ccccc2)N1. The number of amides is 2. The summed E-state index contributed by atoms with van der Waals surface area (Å²) in [6.07, 6.45) is 0.902. The van der Waals surface area contributed by atoms with Crippen LogP contribution >= 0.6 is 0 Å². The van der Waals surface area contributed by atoms with Crippen LogP contribution in [0.2, 0.25) is 0 Å². The standard InChI is InChI=1S/C16H22N4O3/c1-12(2)23-10-6-9-17-16(22)15-18-11-14(21)20(19-15)13-7-4-3-5-8-13/h3-5,7-8,12H,6,9-11H2,1-2H3,(H,17,22)(H,18,19). The first kappa shape index (κ1) is 17.0. The van der Waals surface area contributed by atoms with E-state index in [-0.39, 0.29) is 30.3 Å². The second-order valence-corrected chi connectivity index (χ2v) is 5.37. The highest BCUT2D eigenvalue weighted by Gasteiger charge is 2.25. The number of aliphatic imine (C=N–C) groups is 1. The van der Waals surface area contributed by atoms with Crippen LogP contribution in [0, 0.1) is 0 Å². The number of rotatable bonds is 7. The molecule has 1 aromatic rings. The van der Waals surface area contributed by atoms with Crippen LogP contribution in [0.15, 0.2) is 35.3 Å². The predicted molar refractivity (Wildman–Crippen MR) is 88.1 cm³/mol. The summed E-state index contributed by atoms with van der Waals surface area (Å²) in [4.78, 5) is 28.0. The number of hydrogen-bond donors (Lipinski definition) is 2. The summed E-state index contributed by atoms with van der Waals surface area (Å²) in [7, 11) is 0. The lowest BCUT2D eigenvalue weighted by molar-refractivity contribution is -0.118. The molecule has 7 heteroatoms. The number of nitrogens with one attached hydrogen (secondary N) is 2. The van der Waals surface area contributed by atoms with Crippen molar-refractivity contribution in [2.75, 3.05) is 24.7 Å². The van der Waals surface area contributed by atoms with Gasteiger partial charge in [0.1, 0.15) is 6.54 Å². The van der Waals surface area contributed by atoms with Crippen molar-refractivity contribution >= 4 is 23.3 Å². The van der Waals surface area contributed by atoms with Gasteiger partial charge in [-0.15, -0.1) is 0 Å². The number of ether oxygens (including phenoxy) is 1. The molecule has 1 aliphatic heterocycles. The summed E-state index contributed by atoms with van der Waals surface area (Å²) in [5.41, 5.74) is 3.44. The van der Waals surface area contributed by atoms with Crippen molar-refractivity contribution in [3.05, 3.63) is 30.3 Å². The summed E-state index contributed by atoms with van der Waals surface area (Å²) >= 11 is 0. The number of anilines is 1. The fourth-order valence-corrected chi connectivity index (χ4v) is 2.01. The van der Waals surface area contributed by atoms with E-state index in [9.17, 15) is 9.59 Å². The molecule has 2 rings (SSSR count). The van der Waals surface area contributed by atoms with E-state index < -0.39 is 0 Å². The van der Waals surface area contributed by atoms with Crippen molar-refractivity contribution in [2.45, 2.75) is 26.4 Å². The molecule has 1 heterocycles. The Bertz CT molecular complexity index is 572. The fraction of sp³-hybridized carbons (Fsp3) is 0.438. The minimum Gasteiger partial charge on any atom is -0.379 e. The first-order chi connectivity index (χ1) is 11.1. The van der Waals surface area contributed by atoms with E-state index in [2.05, 4.69) is 15.7 Å². The van der Waals surface area contributed by atoms with Crippen molar-refractivity contribution in [1.29, 1.82) is 0 Å². The third-order valence-corrected chi connectivity index (χ3v) is 3.13. The Balaban J connectivity index is 1.85. The zero-order valence-corrected chi connectivity index (χ0v) is 13.4. The summed E-state index contributed by atoms with van der Waals surface area (Å²) in [5.74, 6) is -0.403. The van der Waals surface area contributed by atoms with Crippen LogP contribution in [0.4, 0.5) is 5.69 Å². The van der Waals surface area contributed by atoms with E-state index in [0.717, 1.165) is 6.42 Å². The largest absolute Gasteiger partial charge is 0.379 e. The molecule has 124 valence electrons. The Morgan fingerprint density at radius 2 is 2.13 bits per heavy atom. The average Bonchev–Trinajstić information content (AvgIpc) is 2.55. The molecule has 2 N–H and O–H groups in total. The molecule has 2 amide bonds. The summed E-state index contributed by atoms with van der Waals surface area (Å²) < 4.78 is 5.41. The molecule has 0 radical (unpaired) electrons. The lowest BCUT2D eigenvalue weighted by atomic mass is 10.3. The number of carbonyl (C=O) groups excluding carboxylic acids is 2. The zero-order valence-electron chi connectivity index (χ0n) is 13.4. The third kappa shape index (κ3) is 5.07. The van der Waals surface area contributed by atoms with Gasteiger partial charge in [-0.05, 0) is 32.4 Å². The van der Waals surface area contributed by atoms with E-state index in [4.69, 9.17) is 4.74 Å². The van der Waals surface area contributed by atoms with Crippen LogP contribution in [0.25, 0.3) is 0 Å². The lowest BCUT2D eigenvalue weighted by Crippen LogP contribution is -2.55. The monoisotopic (exact) mass is 318 g/mol. The molecule has 1 aromatic carbocycles. The zero-order chi connectivity index (χ0) is 16.7. The van der Waals surface area contributed by atoms with Gasteiger partial charge in [0.05, 0.1) is 11.8 Å². The molecule has 0 spiro atoms. The van der Waals surface area contributed by atoms with Crippen molar-refractivity contribution < 1.29 is 14.3 Å². The van der Waals surface area contributed by atoms with E-state index >= 15 is 0 Å². The third-order valence-electron chi connectivity index (χ3n) is 3.13. The Kier molecular flexibility index (Phi) is 6.10. The van der Waals surface area contributed by atoms with Gasteiger partial charge in [-0.25, -0.2) is 5.01 Å². The second-order valence-electron chi connectivity index (χ2n) is 5.37. The molecule has 7 nitrogen and oxygen atoms in total. The van der Waals surface area contributed by atoms with Crippen LogP contribution in [-0.4, -0.2) is 43.5 Å². The maximum absolute atomic E-state index is 12.1. The molecular formula is C16H22N4O3. The van der Waals surface area contributed by atoms with Crippen molar-refractivity contribution in [3.8, 4) is 0 Å². The smallest absolute Gasteiger partial charge is 0.288 e. The highest BCUT2D eigenvalue weighted by atomic mass is 16.5. The predicted octanol–water partition coefficient (Wildman–Crippen LogP) is 0.868. The van der Waals surface area contributed by atoms with Gasteiger partial charge in [0.2, 0.25) is 5.84 Å². The summed E-state index contributed by atoms with van der Waals surface area (Å²) in [6.45, 7) is 4.96. The van der Waals surface area contributed by atoms with Crippen LogP contribution in [0.1, 0.15) is 20.3 Å². The molecule has 23 heavy (non-hydrogen) atoms. The highest BCUT2D eigenvalue weighted by molar-refractivity contribution is 6.39. The molecule has 0 unspecified atom stereocenters. The first-order valence-electron chi connectivity index (χ1n) is 7.67. The Labute approximate surface area is 135 Å². The molecule has 0 bridgehead atoms. The van der Waals surface area contributed by atoms with Gasteiger partial charge in [-0.2, -0.15) is 0 Å². The molecule has 0 atom stereocenters. The number of carbonyl (C=O) groups is 2.